The number of rotatable bonds is 4. The average Bonchev–Trinajstić information content (AvgIpc) is 2.75. The van der Waals surface area contributed by atoms with E-state index in [0.29, 0.717) is 22.3 Å². The quantitative estimate of drug-likeness (QED) is 0.846. The van der Waals surface area contributed by atoms with E-state index >= 15 is 0 Å². The van der Waals surface area contributed by atoms with Crippen LogP contribution in [0.25, 0.3) is 0 Å². The van der Waals surface area contributed by atoms with Crippen LogP contribution in [0.1, 0.15) is 21.7 Å². The van der Waals surface area contributed by atoms with Crippen LogP contribution in [0, 0.1) is 0 Å². The van der Waals surface area contributed by atoms with E-state index in [1.54, 1.807) is 6.07 Å². The fraction of sp³-hybridized carbons (Fsp3) is 0.167. The molecule has 2 rings (SSSR count). The SMILES string of the molecule is CSc1nc(C(=O)O)c(Cc2ccccc2Cl)[nH]1. The fourth-order valence-corrected chi connectivity index (χ4v) is 2.23. The molecule has 0 aliphatic carbocycles. The Morgan fingerprint density at radius 2 is 2.22 bits per heavy atom. The third kappa shape index (κ3) is 2.68. The van der Waals surface area contributed by atoms with E-state index in [2.05, 4.69) is 9.97 Å². The van der Waals surface area contributed by atoms with E-state index < -0.39 is 5.97 Å². The summed E-state index contributed by atoms with van der Waals surface area (Å²) in [6, 6.07) is 7.36. The van der Waals surface area contributed by atoms with Crippen LogP contribution < -0.4 is 0 Å². The minimum absolute atomic E-state index is 0.0549. The Kier molecular flexibility index (Phi) is 3.93. The molecule has 0 fully saturated rings. The van der Waals surface area contributed by atoms with E-state index in [1.807, 2.05) is 24.5 Å². The molecule has 1 aromatic heterocycles. The summed E-state index contributed by atoms with van der Waals surface area (Å²) >= 11 is 7.43. The number of thioether (sulfide) groups is 1. The van der Waals surface area contributed by atoms with Crippen molar-refractivity contribution in [1.29, 1.82) is 0 Å². The Bertz CT molecular complexity index is 583. The molecule has 1 aromatic carbocycles. The number of carboxylic acid groups (broad SMARTS) is 1. The molecule has 0 atom stereocenters. The summed E-state index contributed by atoms with van der Waals surface area (Å²) in [5.74, 6) is -1.03. The molecule has 0 unspecified atom stereocenters. The smallest absolute Gasteiger partial charge is 0.356 e. The van der Waals surface area contributed by atoms with Crippen LogP contribution in [0.4, 0.5) is 0 Å². The lowest BCUT2D eigenvalue weighted by Crippen LogP contribution is -2.02. The molecule has 6 heteroatoms. The molecule has 0 saturated carbocycles. The van der Waals surface area contributed by atoms with Crippen molar-refractivity contribution in [3.05, 3.63) is 46.2 Å². The molecule has 4 nitrogen and oxygen atoms in total. The van der Waals surface area contributed by atoms with Gasteiger partial charge in [-0.05, 0) is 17.9 Å². The van der Waals surface area contributed by atoms with Crippen molar-refractivity contribution < 1.29 is 9.90 Å². The normalized spacial score (nSPS) is 10.6. The number of imidazole rings is 1. The van der Waals surface area contributed by atoms with Crippen molar-refractivity contribution in [3.8, 4) is 0 Å². The predicted molar refractivity (Wildman–Crippen MR) is 71.6 cm³/mol. The highest BCUT2D eigenvalue weighted by Gasteiger charge is 2.17. The molecular formula is C12H11ClN2O2S. The van der Waals surface area contributed by atoms with Gasteiger partial charge in [0.15, 0.2) is 10.9 Å². The fourth-order valence-electron chi connectivity index (χ4n) is 1.62. The zero-order valence-electron chi connectivity index (χ0n) is 9.61. The molecule has 0 aliphatic heterocycles. The standard InChI is InChI=1S/C12H11ClN2O2S/c1-18-12-14-9(10(15-12)11(16)17)6-7-4-2-3-5-8(7)13/h2-5H,6H2,1H3,(H,14,15)(H,16,17). The number of H-pyrrole nitrogens is 1. The lowest BCUT2D eigenvalue weighted by molar-refractivity contribution is 0.0689. The molecule has 1 heterocycles. The van der Waals surface area contributed by atoms with Crippen LogP contribution in [0.15, 0.2) is 29.4 Å². The first kappa shape index (κ1) is 13.0. The van der Waals surface area contributed by atoms with Crippen molar-refractivity contribution in [2.45, 2.75) is 11.6 Å². The number of aromatic amines is 1. The highest BCUT2D eigenvalue weighted by molar-refractivity contribution is 7.98. The van der Waals surface area contributed by atoms with Gasteiger partial charge < -0.3 is 10.1 Å². The summed E-state index contributed by atoms with van der Waals surface area (Å²) in [5.41, 5.74) is 1.50. The Hall–Kier alpha value is -1.46. The Labute approximate surface area is 113 Å². The first-order valence-electron chi connectivity index (χ1n) is 5.21. The number of nitrogens with one attached hydrogen (secondary N) is 1. The Morgan fingerprint density at radius 3 is 2.83 bits per heavy atom. The minimum Gasteiger partial charge on any atom is -0.476 e. The molecule has 0 spiro atoms. The Balaban J connectivity index is 2.36. The van der Waals surface area contributed by atoms with E-state index in [0.717, 1.165) is 5.56 Å². The van der Waals surface area contributed by atoms with Gasteiger partial charge in [0.1, 0.15) is 0 Å². The van der Waals surface area contributed by atoms with Gasteiger partial charge in [-0.15, -0.1) is 0 Å². The van der Waals surface area contributed by atoms with Crippen molar-refractivity contribution in [2.24, 2.45) is 0 Å². The average molecular weight is 283 g/mol. The van der Waals surface area contributed by atoms with Gasteiger partial charge in [0.05, 0.1) is 5.69 Å². The number of aromatic carboxylic acids is 1. The number of halogens is 1. The number of hydrogen-bond donors (Lipinski definition) is 2. The minimum atomic E-state index is -1.03. The maximum atomic E-state index is 11.1. The number of carboxylic acids is 1. The molecular weight excluding hydrogens is 272 g/mol. The van der Waals surface area contributed by atoms with Gasteiger partial charge in [-0.3, -0.25) is 0 Å². The topological polar surface area (TPSA) is 66.0 Å². The highest BCUT2D eigenvalue weighted by atomic mass is 35.5. The second-order valence-electron chi connectivity index (χ2n) is 3.65. The number of aromatic nitrogens is 2. The van der Waals surface area contributed by atoms with Crippen molar-refractivity contribution in [2.75, 3.05) is 6.26 Å². The molecule has 2 N–H and O–H groups in total. The van der Waals surface area contributed by atoms with E-state index in [1.165, 1.54) is 11.8 Å². The second-order valence-corrected chi connectivity index (χ2v) is 4.85. The number of benzene rings is 1. The lowest BCUT2D eigenvalue weighted by atomic mass is 10.1. The van der Waals surface area contributed by atoms with Crippen molar-refractivity contribution in [3.63, 3.8) is 0 Å². The third-order valence-electron chi connectivity index (χ3n) is 2.48. The van der Waals surface area contributed by atoms with Gasteiger partial charge in [-0.1, -0.05) is 41.6 Å². The van der Waals surface area contributed by atoms with Gasteiger partial charge in [-0.25, -0.2) is 9.78 Å². The van der Waals surface area contributed by atoms with Crippen LogP contribution >= 0.6 is 23.4 Å². The van der Waals surface area contributed by atoms with Gasteiger partial charge >= 0.3 is 5.97 Å². The molecule has 0 bridgehead atoms. The lowest BCUT2D eigenvalue weighted by Gasteiger charge is -2.02. The number of hydrogen-bond acceptors (Lipinski definition) is 3. The predicted octanol–water partition coefficient (Wildman–Crippen LogP) is 3.07. The van der Waals surface area contributed by atoms with Gasteiger partial charge in [-0.2, -0.15) is 0 Å². The summed E-state index contributed by atoms with van der Waals surface area (Å²) < 4.78 is 0. The Morgan fingerprint density at radius 1 is 1.50 bits per heavy atom. The maximum absolute atomic E-state index is 11.1. The molecule has 0 amide bonds. The summed E-state index contributed by atoms with van der Waals surface area (Å²) in [7, 11) is 0. The van der Waals surface area contributed by atoms with E-state index in [9.17, 15) is 4.79 Å². The second kappa shape index (κ2) is 5.46. The summed E-state index contributed by atoms with van der Waals surface area (Å²) in [6.07, 6.45) is 2.26. The molecule has 18 heavy (non-hydrogen) atoms. The summed E-state index contributed by atoms with van der Waals surface area (Å²) in [4.78, 5) is 18.1. The van der Waals surface area contributed by atoms with Crippen LogP contribution in [0.5, 0.6) is 0 Å². The van der Waals surface area contributed by atoms with Gasteiger partial charge in [0.2, 0.25) is 0 Å². The summed E-state index contributed by atoms with van der Waals surface area (Å²) in [6.45, 7) is 0. The van der Waals surface area contributed by atoms with E-state index in [4.69, 9.17) is 16.7 Å². The molecule has 0 radical (unpaired) electrons. The summed E-state index contributed by atoms with van der Waals surface area (Å²) in [5, 5.41) is 10.3. The largest absolute Gasteiger partial charge is 0.476 e. The van der Waals surface area contributed by atoms with E-state index in [-0.39, 0.29) is 5.69 Å². The molecule has 94 valence electrons. The van der Waals surface area contributed by atoms with Crippen LogP contribution in [-0.4, -0.2) is 27.3 Å². The highest BCUT2D eigenvalue weighted by Crippen LogP contribution is 2.22. The molecule has 0 saturated heterocycles. The van der Waals surface area contributed by atoms with Crippen molar-refractivity contribution >= 4 is 29.3 Å². The van der Waals surface area contributed by atoms with Crippen LogP contribution in [0.3, 0.4) is 0 Å². The zero-order chi connectivity index (χ0) is 13.1. The van der Waals surface area contributed by atoms with Gasteiger partial charge in [0, 0.05) is 11.4 Å². The van der Waals surface area contributed by atoms with Gasteiger partial charge in [0.25, 0.3) is 0 Å². The third-order valence-corrected chi connectivity index (χ3v) is 3.43. The molecule has 2 aromatic rings. The number of carbonyl (C=O) groups is 1. The van der Waals surface area contributed by atoms with Crippen LogP contribution in [0.2, 0.25) is 5.02 Å². The zero-order valence-corrected chi connectivity index (χ0v) is 11.2. The maximum Gasteiger partial charge on any atom is 0.356 e. The first-order chi connectivity index (χ1) is 8.61. The van der Waals surface area contributed by atoms with Crippen molar-refractivity contribution in [1.82, 2.24) is 9.97 Å². The monoisotopic (exact) mass is 282 g/mol. The number of nitrogens with zero attached hydrogens (tertiary/aromatic N) is 1. The van der Waals surface area contributed by atoms with Crippen LogP contribution in [-0.2, 0) is 6.42 Å². The first-order valence-corrected chi connectivity index (χ1v) is 6.81. The molecule has 0 aliphatic rings.